The van der Waals surface area contributed by atoms with Crippen molar-refractivity contribution in [2.75, 3.05) is 0 Å². The van der Waals surface area contributed by atoms with Crippen molar-refractivity contribution in [3.05, 3.63) is 11.6 Å². The van der Waals surface area contributed by atoms with Gasteiger partial charge in [-0.3, -0.25) is 4.79 Å². The second kappa shape index (κ2) is 5.68. The third kappa shape index (κ3) is 2.23. The van der Waals surface area contributed by atoms with Crippen molar-refractivity contribution in [3.8, 4) is 6.07 Å². The summed E-state index contributed by atoms with van der Waals surface area (Å²) in [6.07, 6.45) is 8.19. The van der Waals surface area contributed by atoms with Crippen LogP contribution in [-0.2, 0) is 4.79 Å². The number of hydrogen-bond acceptors (Lipinski definition) is 3. The van der Waals surface area contributed by atoms with Crippen LogP contribution in [0.2, 0.25) is 0 Å². The molecule has 3 heteroatoms. The molecule has 8 atom stereocenters. The summed E-state index contributed by atoms with van der Waals surface area (Å²) < 4.78 is 0. The Morgan fingerprint density at radius 3 is 2.80 bits per heavy atom. The molecule has 0 heterocycles. The molecule has 4 aliphatic carbocycles. The summed E-state index contributed by atoms with van der Waals surface area (Å²) in [4.78, 5) is 12.0. The molecular formula is C22H31NO2. The highest BCUT2D eigenvalue weighted by Crippen LogP contribution is 2.67. The zero-order chi connectivity index (χ0) is 18.0. The van der Waals surface area contributed by atoms with Crippen LogP contribution >= 0.6 is 0 Å². The van der Waals surface area contributed by atoms with Gasteiger partial charge in [0.25, 0.3) is 0 Å². The van der Waals surface area contributed by atoms with Crippen molar-refractivity contribution >= 4 is 5.78 Å². The topological polar surface area (TPSA) is 61.1 Å². The summed E-state index contributed by atoms with van der Waals surface area (Å²) in [6.45, 7) is 6.99. The molecule has 0 spiro atoms. The molecule has 0 aromatic rings. The smallest absolute Gasteiger partial charge is 0.165 e. The van der Waals surface area contributed by atoms with E-state index in [4.69, 9.17) is 0 Å². The maximum atomic E-state index is 12.0. The Morgan fingerprint density at radius 2 is 2.12 bits per heavy atom. The van der Waals surface area contributed by atoms with Crippen LogP contribution in [0.1, 0.15) is 65.7 Å². The SMILES string of the molecule is CC[C@H]1[C@H](C#N)C[C@H]2[C@@H]3CC=C4CC(=O)C(O)C[C@]4(C)[C@H]3CC[C@@]21C. The molecule has 0 bridgehead atoms. The minimum absolute atomic E-state index is 0.000666. The van der Waals surface area contributed by atoms with E-state index in [1.807, 2.05) is 0 Å². The second-order valence-electron chi connectivity index (χ2n) is 9.65. The molecule has 0 saturated heterocycles. The lowest BCUT2D eigenvalue weighted by atomic mass is 9.47. The first-order valence-electron chi connectivity index (χ1n) is 10.1. The Bertz CT molecular complexity index is 661. The quantitative estimate of drug-likeness (QED) is 0.725. The van der Waals surface area contributed by atoms with Gasteiger partial charge in [-0.05, 0) is 66.6 Å². The van der Waals surface area contributed by atoms with Crippen molar-refractivity contribution in [2.24, 2.45) is 40.4 Å². The van der Waals surface area contributed by atoms with Crippen molar-refractivity contribution in [2.45, 2.75) is 71.8 Å². The number of ketones is 1. The Labute approximate surface area is 151 Å². The van der Waals surface area contributed by atoms with E-state index in [2.05, 4.69) is 32.9 Å². The summed E-state index contributed by atoms with van der Waals surface area (Å²) in [7, 11) is 0. The first-order valence-corrected chi connectivity index (χ1v) is 10.1. The molecule has 3 saturated carbocycles. The highest BCUT2D eigenvalue weighted by atomic mass is 16.3. The number of allylic oxidation sites excluding steroid dienone is 2. The Balaban J connectivity index is 1.70. The normalized spacial score (nSPS) is 51.8. The largest absolute Gasteiger partial charge is 0.385 e. The third-order valence-electron chi connectivity index (χ3n) is 8.86. The van der Waals surface area contributed by atoms with Gasteiger partial charge in [-0.1, -0.05) is 38.8 Å². The molecule has 1 N–H and O–H groups in total. The van der Waals surface area contributed by atoms with Crippen LogP contribution in [0.4, 0.5) is 0 Å². The van der Waals surface area contributed by atoms with E-state index in [-0.39, 0.29) is 17.1 Å². The van der Waals surface area contributed by atoms with Crippen LogP contribution in [0.3, 0.4) is 0 Å². The van der Waals surface area contributed by atoms with E-state index in [1.165, 1.54) is 18.4 Å². The zero-order valence-corrected chi connectivity index (χ0v) is 15.8. The van der Waals surface area contributed by atoms with Gasteiger partial charge in [0.1, 0.15) is 6.10 Å². The average Bonchev–Trinajstić information content (AvgIpc) is 2.88. The molecule has 136 valence electrons. The summed E-state index contributed by atoms with van der Waals surface area (Å²) >= 11 is 0. The predicted molar refractivity (Wildman–Crippen MR) is 96.4 cm³/mol. The maximum absolute atomic E-state index is 12.0. The minimum atomic E-state index is -0.784. The summed E-state index contributed by atoms with van der Waals surface area (Å²) in [5, 5.41) is 19.9. The number of rotatable bonds is 1. The lowest BCUT2D eigenvalue weighted by molar-refractivity contribution is -0.133. The molecule has 4 rings (SSSR count). The molecular weight excluding hydrogens is 310 g/mol. The molecule has 3 fully saturated rings. The van der Waals surface area contributed by atoms with Gasteiger partial charge in [0.2, 0.25) is 0 Å². The second-order valence-corrected chi connectivity index (χ2v) is 9.65. The number of carbonyl (C=O) groups excluding carboxylic acids is 1. The van der Waals surface area contributed by atoms with Gasteiger partial charge in [0, 0.05) is 12.3 Å². The number of aliphatic hydroxyl groups excluding tert-OH is 1. The third-order valence-corrected chi connectivity index (χ3v) is 8.86. The van der Waals surface area contributed by atoms with E-state index in [0.717, 1.165) is 19.3 Å². The lowest BCUT2D eigenvalue weighted by Gasteiger charge is -2.57. The monoisotopic (exact) mass is 341 g/mol. The number of aliphatic hydroxyl groups is 1. The van der Waals surface area contributed by atoms with E-state index in [1.54, 1.807) is 0 Å². The molecule has 25 heavy (non-hydrogen) atoms. The van der Waals surface area contributed by atoms with Gasteiger partial charge in [0.15, 0.2) is 5.78 Å². The fourth-order valence-electron chi connectivity index (χ4n) is 7.58. The van der Waals surface area contributed by atoms with E-state index in [0.29, 0.717) is 41.9 Å². The molecule has 0 aromatic carbocycles. The van der Waals surface area contributed by atoms with E-state index < -0.39 is 6.10 Å². The first-order chi connectivity index (χ1) is 11.8. The number of nitrogens with zero attached hydrogens (tertiary/aromatic N) is 1. The van der Waals surface area contributed by atoms with Crippen LogP contribution in [0.5, 0.6) is 0 Å². The van der Waals surface area contributed by atoms with Crippen molar-refractivity contribution in [3.63, 3.8) is 0 Å². The number of Topliss-reactive ketones (excluding diaryl/α,β-unsaturated/α-hetero) is 1. The van der Waals surface area contributed by atoms with Gasteiger partial charge in [-0.2, -0.15) is 5.26 Å². The summed E-state index contributed by atoms with van der Waals surface area (Å²) in [6, 6.07) is 2.62. The van der Waals surface area contributed by atoms with Gasteiger partial charge in [0.05, 0.1) is 6.07 Å². The van der Waals surface area contributed by atoms with Crippen LogP contribution in [0, 0.1) is 51.8 Å². The molecule has 0 radical (unpaired) electrons. The average molecular weight is 341 g/mol. The van der Waals surface area contributed by atoms with Crippen molar-refractivity contribution in [1.82, 2.24) is 0 Å². The van der Waals surface area contributed by atoms with E-state index >= 15 is 0 Å². The van der Waals surface area contributed by atoms with Crippen LogP contribution < -0.4 is 0 Å². The van der Waals surface area contributed by atoms with Gasteiger partial charge >= 0.3 is 0 Å². The minimum Gasteiger partial charge on any atom is -0.385 e. The zero-order valence-electron chi connectivity index (χ0n) is 15.8. The van der Waals surface area contributed by atoms with Gasteiger partial charge in [-0.25, -0.2) is 0 Å². The van der Waals surface area contributed by atoms with Crippen molar-refractivity contribution in [1.29, 1.82) is 5.26 Å². The highest BCUT2D eigenvalue weighted by Gasteiger charge is 2.61. The maximum Gasteiger partial charge on any atom is 0.165 e. The van der Waals surface area contributed by atoms with Crippen LogP contribution in [0.15, 0.2) is 11.6 Å². The fraction of sp³-hybridized carbons (Fsp3) is 0.818. The van der Waals surface area contributed by atoms with Crippen LogP contribution in [-0.4, -0.2) is 17.0 Å². The standard InChI is InChI=1S/C22H31NO2/c1-4-16-13(12-23)9-18-15-6-5-14-10-19(24)20(25)11-22(14,3)17(15)7-8-21(16,18)2/h5,13,15-18,20,25H,4,6-11H2,1-3H3/t13-,15+,16-,17-,18-,20?,21+,22-/m0/s1. The Hall–Kier alpha value is -1.14. The van der Waals surface area contributed by atoms with Crippen LogP contribution in [0.25, 0.3) is 0 Å². The summed E-state index contributed by atoms with van der Waals surface area (Å²) in [5.74, 6) is 2.52. The van der Waals surface area contributed by atoms with Gasteiger partial charge in [-0.15, -0.1) is 0 Å². The molecule has 0 aromatic heterocycles. The fourth-order valence-corrected chi connectivity index (χ4v) is 7.58. The summed E-state index contributed by atoms with van der Waals surface area (Å²) in [5.41, 5.74) is 1.56. The van der Waals surface area contributed by atoms with E-state index in [9.17, 15) is 15.2 Å². The molecule has 0 amide bonds. The number of fused-ring (bicyclic) bond motifs is 5. The Morgan fingerprint density at radius 1 is 1.36 bits per heavy atom. The number of carbonyl (C=O) groups is 1. The van der Waals surface area contributed by atoms with Crippen molar-refractivity contribution < 1.29 is 9.90 Å². The number of nitriles is 1. The lowest BCUT2D eigenvalue weighted by Crippen LogP contribution is -2.52. The molecule has 3 nitrogen and oxygen atoms in total. The molecule has 4 aliphatic rings. The molecule has 0 aliphatic heterocycles. The van der Waals surface area contributed by atoms with Gasteiger partial charge < -0.3 is 5.11 Å². The molecule has 1 unspecified atom stereocenters. The predicted octanol–water partition coefficient (Wildman–Crippen LogP) is 4.26. The first kappa shape index (κ1) is 17.3. The number of hydrogen-bond donors (Lipinski definition) is 1. The Kier molecular flexibility index (Phi) is 3.93. The highest BCUT2D eigenvalue weighted by molar-refractivity contribution is 5.86.